The first kappa shape index (κ1) is 14.9. The van der Waals surface area contributed by atoms with Crippen LogP contribution in [0.25, 0.3) is 0 Å². The van der Waals surface area contributed by atoms with Gasteiger partial charge in [0.1, 0.15) is 29.5 Å². The van der Waals surface area contributed by atoms with Crippen molar-refractivity contribution in [2.75, 3.05) is 7.11 Å². The maximum Gasteiger partial charge on any atom is 0.339 e. The van der Waals surface area contributed by atoms with Crippen LogP contribution in [-0.2, 0) is 17.9 Å². The molecule has 2 aromatic rings. The lowest BCUT2D eigenvalue weighted by atomic mass is 10.2. The molecule has 0 unspecified atom stereocenters. The number of ether oxygens (including phenoxy) is 1. The minimum absolute atomic E-state index is 0.0767. The lowest BCUT2D eigenvalue weighted by Crippen LogP contribution is -2.22. The summed E-state index contributed by atoms with van der Waals surface area (Å²) in [4.78, 5) is 22.7. The number of aryl methyl sites for hydroxylation is 1. The van der Waals surface area contributed by atoms with E-state index in [0.29, 0.717) is 17.3 Å². The molecule has 0 saturated carbocycles. The molecule has 0 spiro atoms. The Hall–Kier alpha value is -2.54. The standard InChI is InChI=1S/C14H15NO6/c1-8-11(14(17)18)5-10(20-8)6-15-13(16)12-4-3-9(21-12)7-19-2/h3-5H,6-7H2,1-2H3,(H,15,16)(H,17,18). The van der Waals surface area contributed by atoms with Crippen molar-refractivity contribution in [2.45, 2.75) is 20.1 Å². The zero-order chi connectivity index (χ0) is 15.4. The van der Waals surface area contributed by atoms with Crippen LogP contribution in [-0.4, -0.2) is 24.1 Å². The zero-order valence-corrected chi connectivity index (χ0v) is 11.6. The molecule has 0 bridgehead atoms. The Kier molecular flexibility index (Phi) is 4.44. The van der Waals surface area contributed by atoms with Crippen molar-refractivity contribution in [3.63, 3.8) is 0 Å². The SMILES string of the molecule is COCc1ccc(C(=O)NCc2cc(C(=O)O)c(C)o2)o1. The van der Waals surface area contributed by atoms with Crippen molar-refractivity contribution >= 4 is 11.9 Å². The highest BCUT2D eigenvalue weighted by Gasteiger charge is 2.15. The van der Waals surface area contributed by atoms with Gasteiger partial charge >= 0.3 is 5.97 Å². The summed E-state index contributed by atoms with van der Waals surface area (Å²) in [5.41, 5.74) is 0.0830. The van der Waals surface area contributed by atoms with Gasteiger partial charge in [0.05, 0.1) is 6.54 Å². The largest absolute Gasteiger partial charge is 0.478 e. The molecule has 2 N–H and O–H groups in total. The van der Waals surface area contributed by atoms with Gasteiger partial charge in [0.15, 0.2) is 5.76 Å². The predicted octanol–water partition coefficient (Wildman–Crippen LogP) is 1.96. The zero-order valence-electron chi connectivity index (χ0n) is 11.6. The van der Waals surface area contributed by atoms with Gasteiger partial charge in [-0.25, -0.2) is 4.79 Å². The van der Waals surface area contributed by atoms with E-state index >= 15 is 0 Å². The van der Waals surface area contributed by atoms with E-state index in [1.165, 1.54) is 13.2 Å². The number of carboxylic acids is 1. The Morgan fingerprint density at radius 3 is 2.67 bits per heavy atom. The first-order chi connectivity index (χ1) is 10.0. The molecule has 0 aromatic carbocycles. The minimum Gasteiger partial charge on any atom is -0.478 e. The fourth-order valence-corrected chi connectivity index (χ4v) is 1.82. The van der Waals surface area contributed by atoms with Gasteiger partial charge in [-0.1, -0.05) is 0 Å². The Morgan fingerprint density at radius 1 is 1.29 bits per heavy atom. The highest BCUT2D eigenvalue weighted by atomic mass is 16.5. The third-order valence-electron chi connectivity index (χ3n) is 2.79. The van der Waals surface area contributed by atoms with Gasteiger partial charge < -0.3 is 24.0 Å². The molecule has 0 aliphatic carbocycles. The van der Waals surface area contributed by atoms with Gasteiger partial charge in [0.2, 0.25) is 0 Å². The number of amides is 1. The molecule has 21 heavy (non-hydrogen) atoms. The van der Waals surface area contributed by atoms with Crippen molar-refractivity contribution in [1.82, 2.24) is 5.32 Å². The molecule has 0 fully saturated rings. The minimum atomic E-state index is -1.07. The number of carbonyl (C=O) groups is 2. The Bertz CT molecular complexity index is 654. The second-order valence-corrected chi connectivity index (χ2v) is 4.37. The number of nitrogens with one attached hydrogen (secondary N) is 1. The topological polar surface area (TPSA) is 102 Å². The van der Waals surface area contributed by atoms with Crippen molar-refractivity contribution in [3.05, 3.63) is 46.8 Å². The molecule has 0 atom stereocenters. The van der Waals surface area contributed by atoms with Crippen molar-refractivity contribution in [1.29, 1.82) is 0 Å². The van der Waals surface area contributed by atoms with E-state index in [1.54, 1.807) is 19.1 Å². The second-order valence-electron chi connectivity index (χ2n) is 4.37. The van der Waals surface area contributed by atoms with E-state index in [0.717, 1.165) is 0 Å². The Labute approximate surface area is 120 Å². The number of carboxylic acid groups (broad SMARTS) is 1. The van der Waals surface area contributed by atoms with Gasteiger partial charge in [-0.2, -0.15) is 0 Å². The van der Waals surface area contributed by atoms with E-state index in [4.69, 9.17) is 18.7 Å². The summed E-state index contributed by atoms with van der Waals surface area (Å²) in [7, 11) is 1.53. The molecule has 7 heteroatoms. The lowest BCUT2D eigenvalue weighted by Gasteiger charge is -2.00. The summed E-state index contributed by atoms with van der Waals surface area (Å²) in [6.45, 7) is 1.91. The maximum atomic E-state index is 11.9. The summed E-state index contributed by atoms with van der Waals surface area (Å²) >= 11 is 0. The summed E-state index contributed by atoms with van der Waals surface area (Å²) in [6, 6.07) is 4.58. The van der Waals surface area contributed by atoms with E-state index in [2.05, 4.69) is 5.32 Å². The average Bonchev–Trinajstić information content (AvgIpc) is 3.03. The molecule has 112 valence electrons. The van der Waals surface area contributed by atoms with Gasteiger partial charge in [-0.3, -0.25) is 4.79 Å². The van der Waals surface area contributed by atoms with Crippen LogP contribution in [0.15, 0.2) is 27.0 Å². The van der Waals surface area contributed by atoms with E-state index in [9.17, 15) is 9.59 Å². The van der Waals surface area contributed by atoms with E-state index in [1.807, 2.05) is 0 Å². The van der Waals surface area contributed by atoms with Crippen LogP contribution in [0.4, 0.5) is 0 Å². The van der Waals surface area contributed by atoms with Crippen LogP contribution < -0.4 is 5.32 Å². The first-order valence-corrected chi connectivity index (χ1v) is 6.19. The van der Waals surface area contributed by atoms with Crippen molar-refractivity contribution in [2.24, 2.45) is 0 Å². The smallest absolute Gasteiger partial charge is 0.339 e. The number of carbonyl (C=O) groups excluding carboxylic acids is 1. The molecular weight excluding hydrogens is 278 g/mol. The van der Waals surface area contributed by atoms with Crippen molar-refractivity contribution in [3.8, 4) is 0 Å². The highest BCUT2D eigenvalue weighted by molar-refractivity contribution is 5.91. The summed E-state index contributed by atoms with van der Waals surface area (Å²) < 4.78 is 15.4. The number of furan rings is 2. The normalized spacial score (nSPS) is 10.6. The van der Waals surface area contributed by atoms with Crippen molar-refractivity contribution < 1.29 is 28.3 Å². The van der Waals surface area contributed by atoms with Gasteiger partial charge in [-0.05, 0) is 25.1 Å². The van der Waals surface area contributed by atoms with Crippen LogP contribution in [0.2, 0.25) is 0 Å². The molecule has 0 saturated heterocycles. The van der Waals surface area contributed by atoms with Crippen LogP contribution >= 0.6 is 0 Å². The summed E-state index contributed by atoms with van der Waals surface area (Å²) in [6.07, 6.45) is 0. The third kappa shape index (κ3) is 3.51. The van der Waals surface area contributed by atoms with Crippen LogP contribution in [0.3, 0.4) is 0 Å². The fourth-order valence-electron chi connectivity index (χ4n) is 1.82. The van der Waals surface area contributed by atoms with Gasteiger partial charge in [0.25, 0.3) is 5.91 Å². The second kappa shape index (κ2) is 6.27. The number of hydrogen-bond acceptors (Lipinski definition) is 5. The Balaban J connectivity index is 1.97. The van der Waals surface area contributed by atoms with E-state index in [-0.39, 0.29) is 24.5 Å². The fraction of sp³-hybridized carbons (Fsp3) is 0.286. The molecule has 0 aliphatic rings. The number of hydrogen-bond donors (Lipinski definition) is 2. The highest BCUT2D eigenvalue weighted by Crippen LogP contribution is 2.15. The summed E-state index contributed by atoms with van der Waals surface area (Å²) in [5, 5.41) is 11.5. The molecule has 2 heterocycles. The monoisotopic (exact) mass is 293 g/mol. The molecule has 2 aromatic heterocycles. The van der Waals surface area contributed by atoms with E-state index < -0.39 is 11.9 Å². The van der Waals surface area contributed by atoms with Crippen LogP contribution in [0.5, 0.6) is 0 Å². The molecule has 1 amide bonds. The number of rotatable bonds is 6. The first-order valence-electron chi connectivity index (χ1n) is 6.19. The molecule has 7 nitrogen and oxygen atoms in total. The average molecular weight is 293 g/mol. The quantitative estimate of drug-likeness (QED) is 0.844. The molecule has 2 rings (SSSR count). The predicted molar refractivity (Wildman–Crippen MR) is 71.0 cm³/mol. The van der Waals surface area contributed by atoms with Gasteiger partial charge in [0, 0.05) is 7.11 Å². The summed E-state index contributed by atoms with van der Waals surface area (Å²) in [5.74, 6) is -0.116. The molecular formula is C14H15NO6. The third-order valence-corrected chi connectivity index (χ3v) is 2.79. The maximum absolute atomic E-state index is 11.9. The number of aromatic carboxylic acids is 1. The molecule has 0 radical (unpaired) electrons. The number of methoxy groups -OCH3 is 1. The molecule has 0 aliphatic heterocycles. The van der Waals surface area contributed by atoms with Crippen LogP contribution in [0, 0.1) is 6.92 Å². The lowest BCUT2D eigenvalue weighted by molar-refractivity contribution is 0.0694. The van der Waals surface area contributed by atoms with Gasteiger partial charge in [-0.15, -0.1) is 0 Å². The van der Waals surface area contributed by atoms with Crippen LogP contribution in [0.1, 0.15) is 38.2 Å². The Morgan fingerprint density at radius 2 is 2.05 bits per heavy atom.